The van der Waals surface area contributed by atoms with Crippen LogP contribution in [0.1, 0.15) is 45.3 Å². The van der Waals surface area contributed by atoms with E-state index in [0.29, 0.717) is 18.5 Å². The quantitative estimate of drug-likeness (QED) is 0.368. The molecule has 1 fully saturated rings. The van der Waals surface area contributed by atoms with Crippen molar-refractivity contribution >= 4 is 29.9 Å². The van der Waals surface area contributed by atoms with Crippen LogP contribution in [0.3, 0.4) is 0 Å². The van der Waals surface area contributed by atoms with Crippen molar-refractivity contribution in [3.63, 3.8) is 0 Å². The van der Waals surface area contributed by atoms with Crippen LogP contribution in [-0.2, 0) is 13.6 Å². The summed E-state index contributed by atoms with van der Waals surface area (Å²) in [6.45, 7) is 13.3. The summed E-state index contributed by atoms with van der Waals surface area (Å²) in [6, 6.07) is 0.605. The molecule has 1 saturated heterocycles. The van der Waals surface area contributed by atoms with Gasteiger partial charge in [0.25, 0.3) is 0 Å². The minimum atomic E-state index is 0. The molecule has 0 bridgehead atoms. The topological polar surface area (TPSA) is 70.4 Å². The number of likely N-dealkylation sites (tertiary alicyclic amines) is 1. The van der Waals surface area contributed by atoms with Crippen LogP contribution in [0.2, 0.25) is 0 Å². The van der Waals surface area contributed by atoms with Crippen LogP contribution < -0.4 is 10.6 Å². The second kappa shape index (κ2) is 10.9. The van der Waals surface area contributed by atoms with Gasteiger partial charge >= 0.3 is 0 Å². The SMILES string of the molecule is CCNC(=NCc1nnc(C)n1C)NC[C@H]1CCCN1CC(C)C.I. The van der Waals surface area contributed by atoms with E-state index in [1.807, 2.05) is 18.5 Å². The van der Waals surface area contributed by atoms with Gasteiger partial charge in [-0.2, -0.15) is 0 Å². The van der Waals surface area contributed by atoms with E-state index in [1.54, 1.807) is 0 Å². The zero-order valence-corrected chi connectivity index (χ0v) is 18.6. The normalized spacial score (nSPS) is 18.5. The number of halogens is 1. The Morgan fingerprint density at radius 2 is 2.08 bits per heavy atom. The molecule has 1 aliphatic rings. The molecule has 2 N–H and O–H groups in total. The van der Waals surface area contributed by atoms with Crippen LogP contribution in [0.5, 0.6) is 0 Å². The van der Waals surface area contributed by atoms with Crippen molar-refractivity contribution in [3.05, 3.63) is 11.6 Å². The molecule has 8 heteroatoms. The Balaban J connectivity index is 0.00000312. The number of nitrogens with zero attached hydrogens (tertiary/aromatic N) is 5. The zero-order valence-electron chi connectivity index (χ0n) is 16.2. The molecule has 1 aromatic rings. The molecule has 1 atom stereocenters. The molecular formula is C17H34IN7. The van der Waals surface area contributed by atoms with E-state index >= 15 is 0 Å². The summed E-state index contributed by atoms with van der Waals surface area (Å²) < 4.78 is 1.98. The Hall–Kier alpha value is -0.900. The molecule has 0 aromatic carbocycles. The van der Waals surface area contributed by atoms with Crippen molar-refractivity contribution in [2.24, 2.45) is 18.0 Å². The van der Waals surface area contributed by atoms with Crippen LogP contribution in [0.4, 0.5) is 0 Å². The summed E-state index contributed by atoms with van der Waals surface area (Å²) in [7, 11) is 1.98. The maximum absolute atomic E-state index is 4.66. The van der Waals surface area contributed by atoms with Gasteiger partial charge in [0, 0.05) is 32.7 Å². The van der Waals surface area contributed by atoms with E-state index in [2.05, 4.69) is 51.5 Å². The Morgan fingerprint density at radius 1 is 1.32 bits per heavy atom. The first kappa shape index (κ1) is 22.1. The van der Waals surface area contributed by atoms with E-state index in [0.717, 1.165) is 30.7 Å². The van der Waals surface area contributed by atoms with Gasteiger partial charge in [-0.3, -0.25) is 4.90 Å². The van der Waals surface area contributed by atoms with Gasteiger partial charge in [-0.05, 0) is 39.2 Å². The van der Waals surface area contributed by atoms with E-state index in [-0.39, 0.29) is 24.0 Å². The predicted octanol–water partition coefficient (Wildman–Crippen LogP) is 1.92. The van der Waals surface area contributed by atoms with Gasteiger partial charge in [0.2, 0.25) is 0 Å². The lowest BCUT2D eigenvalue weighted by molar-refractivity contribution is 0.226. The Kier molecular flexibility index (Phi) is 9.70. The maximum atomic E-state index is 4.66. The molecule has 0 amide bonds. The van der Waals surface area contributed by atoms with Crippen molar-refractivity contribution in [1.82, 2.24) is 30.3 Å². The fourth-order valence-electron chi connectivity index (χ4n) is 3.13. The monoisotopic (exact) mass is 463 g/mol. The fourth-order valence-corrected chi connectivity index (χ4v) is 3.13. The summed E-state index contributed by atoms with van der Waals surface area (Å²) in [5.74, 6) is 3.36. The van der Waals surface area contributed by atoms with E-state index in [1.165, 1.54) is 25.9 Å². The number of aliphatic imine (C=N–C) groups is 1. The smallest absolute Gasteiger partial charge is 0.191 e. The molecular weight excluding hydrogens is 429 g/mol. The van der Waals surface area contributed by atoms with E-state index in [9.17, 15) is 0 Å². The molecule has 1 aromatic heterocycles. The lowest BCUT2D eigenvalue weighted by Crippen LogP contribution is -2.45. The molecule has 0 radical (unpaired) electrons. The number of hydrogen-bond acceptors (Lipinski definition) is 4. The van der Waals surface area contributed by atoms with Crippen molar-refractivity contribution < 1.29 is 0 Å². The van der Waals surface area contributed by atoms with Gasteiger partial charge in [0.05, 0.1) is 0 Å². The number of guanidine groups is 1. The predicted molar refractivity (Wildman–Crippen MR) is 113 cm³/mol. The first-order valence-corrected chi connectivity index (χ1v) is 9.12. The van der Waals surface area contributed by atoms with Crippen LogP contribution in [-0.4, -0.2) is 57.8 Å². The molecule has 0 spiro atoms. The number of aryl methyl sites for hydroxylation is 1. The first-order chi connectivity index (χ1) is 11.5. The van der Waals surface area contributed by atoms with Crippen LogP contribution in [0.15, 0.2) is 4.99 Å². The molecule has 7 nitrogen and oxygen atoms in total. The molecule has 2 heterocycles. The van der Waals surface area contributed by atoms with Gasteiger partial charge in [0.1, 0.15) is 12.4 Å². The Labute approximate surface area is 169 Å². The summed E-state index contributed by atoms with van der Waals surface area (Å²) in [5, 5.41) is 15.1. The van der Waals surface area contributed by atoms with Crippen molar-refractivity contribution in [2.45, 2.75) is 53.1 Å². The highest BCUT2D eigenvalue weighted by molar-refractivity contribution is 14.0. The number of rotatable bonds is 7. The third kappa shape index (κ3) is 6.73. The van der Waals surface area contributed by atoms with Crippen LogP contribution in [0.25, 0.3) is 0 Å². The standard InChI is InChI=1S/C17H33N7.HI/c1-6-18-17(20-11-16-22-21-14(4)23(16)5)19-10-15-8-7-9-24(15)12-13(2)3;/h13,15H,6-12H2,1-5H3,(H2,18,19,20);1H/t15-;/m1./s1. The number of hydrogen-bond donors (Lipinski definition) is 2. The average Bonchev–Trinajstić information content (AvgIpc) is 3.10. The third-order valence-corrected chi connectivity index (χ3v) is 4.51. The molecule has 144 valence electrons. The van der Waals surface area contributed by atoms with Crippen LogP contribution in [0, 0.1) is 12.8 Å². The molecule has 0 aliphatic carbocycles. The van der Waals surface area contributed by atoms with Crippen molar-refractivity contribution in [1.29, 1.82) is 0 Å². The lowest BCUT2D eigenvalue weighted by atomic mass is 10.1. The molecule has 0 unspecified atom stereocenters. The minimum Gasteiger partial charge on any atom is -0.357 e. The summed E-state index contributed by atoms with van der Waals surface area (Å²) >= 11 is 0. The average molecular weight is 463 g/mol. The molecule has 1 aliphatic heterocycles. The second-order valence-corrected chi connectivity index (χ2v) is 6.98. The molecule has 0 saturated carbocycles. The molecule has 2 rings (SSSR count). The number of aromatic nitrogens is 3. The summed E-state index contributed by atoms with van der Waals surface area (Å²) in [4.78, 5) is 7.26. The van der Waals surface area contributed by atoms with E-state index < -0.39 is 0 Å². The highest BCUT2D eigenvalue weighted by atomic mass is 127. The fraction of sp³-hybridized carbons (Fsp3) is 0.824. The number of nitrogens with one attached hydrogen (secondary N) is 2. The second-order valence-electron chi connectivity index (χ2n) is 6.98. The molecule has 25 heavy (non-hydrogen) atoms. The van der Waals surface area contributed by atoms with Gasteiger partial charge in [-0.15, -0.1) is 34.2 Å². The third-order valence-electron chi connectivity index (χ3n) is 4.51. The maximum Gasteiger partial charge on any atom is 0.191 e. The van der Waals surface area contributed by atoms with Crippen LogP contribution >= 0.6 is 24.0 Å². The van der Waals surface area contributed by atoms with Crippen molar-refractivity contribution in [2.75, 3.05) is 26.2 Å². The lowest BCUT2D eigenvalue weighted by Gasteiger charge is -2.27. The Bertz CT molecular complexity index is 541. The highest BCUT2D eigenvalue weighted by Gasteiger charge is 2.24. The van der Waals surface area contributed by atoms with Gasteiger partial charge in [0.15, 0.2) is 11.8 Å². The Morgan fingerprint density at radius 3 is 2.68 bits per heavy atom. The summed E-state index contributed by atoms with van der Waals surface area (Å²) in [5.41, 5.74) is 0. The minimum absolute atomic E-state index is 0. The first-order valence-electron chi connectivity index (χ1n) is 9.12. The highest BCUT2D eigenvalue weighted by Crippen LogP contribution is 2.17. The van der Waals surface area contributed by atoms with Gasteiger partial charge < -0.3 is 15.2 Å². The van der Waals surface area contributed by atoms with E-state index in [4.69, 9.17) is 0 Å². The van der Waals surface area contributed by atoms with Gasteiger partial charge in [-0.25, -0.2) is 4.99 Å². The van der Waals surface area contributed by atoms with Crippen molar-refractivity contribution in [3.8, 4) is 0 Å². The van der Waals surface area contributed by atoms with Gasteiger partial charge in [-0.1, -0.05) is 13.8 Å². The summed E-state index contributed by atoms with van der Waals surface area (Å²) in [6.07, 6.45) is 2.56. The largest absolute Gasteiger partial charge is 0.357 e. The zero-order chi connectivity index (χ0) is 17.5.